The molecule has 0 bridgehead atoms. The van der Waals surface area contributed by atoms with E-state index in [1.54, 1.807) is 31.6 Å². The Bertz CT molecular complexity index is 1770. The zero-order valence-corrected chi connectivity index (χ0v) is 26.1. The lowest BCUT2D eigenvalue weighted by molar-refractivity contribution is -0.134. The summed E-state index contributed by atoms with van der Waals surface area (Å²) in [5.74, 6) is 0.906. The Labute approximate surface area is 267 Å². The van der Waals surface area contributed by atoms with Gasteiger partial charge in [-0.2, -0.15) is 5.10 Å². The van der Waals surface area contributed by atoms with Gasteiger partial charge < -0.3 is 9.64 Å². The van der Waals surface area contributed by atoms with Crippen LogP contribution < -0.4 is 4.74 Å². The van der Waals surface area contributed by atoms with Crippen LogP contribution in [-0.4, -0.2) is 50.3 Å². The summed E-state index contributed by atoms with van der Waals surface area (Å²) in [6, 6.07) is 23.9. The summed E-state index contributed by atoms with van der Waals surface area (Å²) in [5, 5.41) is 5.33. The highest BCUT2D eigenvalue weighted by Gasteiger charge is 2.31. The van der Waals surface area contributed by atoms with Crippen LogP contribution in [0.3, 0.4) is 0 Å². The number of carbonyl (C=O) groups excluding carboxylic acids is 1. The van der Waals surface area contributed by atoms with E-state index in [0.29, 0.717) is 46.6 Å². The zero-order chi connectivity index (χ0) is 31.3. The van der Waals surface area contributed by atoms with Crippen LogP contribution in [-0.2, 0) is 11.3 Å². The van der Waals surface area contributed by atoms with E-state index in [0.717, 1.165) is 42.4 Å². The second-order valence-electron chi connectivity index (χ2n) is 11.4. The number of hydrogen-bond acceptors (Lipinski definition) is 5. The molecule has 1 amide bonds. The minimum absolute atomic E-state index is 0.0164. The van der Waals surface area contributed by atoms with Crippen LogP contribution in [0.1, 0.15) is 44.1 Å². The van der Waals surface area contributed by atoms with E-state index in [1.165, 1.54) is 6.07 Å². The number of benzene rings is 3. The van der Waals surface area contributed by atoms with Crippen molar-refractivity contribution in [2.75, 3.05) is 13.7 Å². The molecular weight excluding hydrogens is 589 g/mol. The van der Waals surface area contributed by atoms with E-state index in [1.807, 2.05) is 77.2 Å². The van der Waals surface area contributed by atoms with E-state index >= 15 is 4.39 Å². The minimum atomic E-state index is -0.507. The van der Waals surface area contributed by atoms with Gasteiger partial charge in [-0.05, 0) is 67.3 Å². The number of amides is 1. The number of nitrogens with zero attached hydrogens (tertiary/aromatic N) is 5. The first-order valence-corrected chi connectivity index (χ1v) is 15.6. The van der Waals surface area contributed by atoms with Crippen molar-refractivity contribution in [3.8, 4) is 39.7 Å². The lowest BCUT2D eigenvalue weighted by Crippen LogP contribution is -2.43. The second kappa shape index (κ2) is 13.6. The third-order valence-corrected chi connectivity index (χ3v) is 8.87. The molecule has 1 aliphatic carbocycles. The van der Waals surface area contributed by atoms with Crippen molar-refractivity contribution in [3.05, 3.63) is 108 Å². The van der Waals surface area contributed by atoms with Gasteiger partial charge in [-0.1, -0.05) is 66.9 Å². The number of methoxy groups -OCH3 is 1. The number of pyridine rings is 1. The highest BCUT2D eigenvalue weighted by Crippen LogP contribution is 2.32. The molecule has 2 aromatic heterocycles. The topological polar surface area (TPSA) is 73.1 Å². The standard InChI is InChI=1S/C36H35ClFN5O2/c1-24(27-12-14-30(32(38)23-27)25-8-4-3-5-9-25)36(44)42(29-10-6-7-11-29)20-21-43-35(28-13-15-33(45-2)31(37)22-28)40-34(41-43)26-16-18-39-19-17-26/h3-5,8-9,12-19,22-24,29H,6-7,10-11,20-21H2,1-2H3. The molecule has 1 aliphatic rings. The van der Waals surface area contributed by atoms with Gasteiger partial charge in [-0.15, -0.1) is 0 Å². The maximum atomic E-state index is 15.3. The maximum absolute atomic E-state index is 15.3. The van der Waals surface area contributed by atoms with Crippen molar-refractivity contribution in [1.29, 1.82) is 0 Å². The zero-order valence-electron chi connectivity index (χ0n) is 25.4. The first-order chi connectivity index (χ1) is 21.9. The Kier molecular flexibility index (Phi) is 9.21. The summed E-state index contributed by atoms with van der Waals surface area (Å²) in [5.41, 5.74) is 3.61. The Morgan fingerprint density at radius 2 is 1.76 bits per heavy atom. The Morgan fingerprint density at radius 1 is 1.00 bits per heavy atom. The second-order valence-corrected chi connectivity index (χ2v) is 11.8. The predicted molar refractivity (Wildman–Crippen MR) is 174 cm³/mol. The summed E-state index contributed by atoms with van der Waals surface area (Å²) < 4.78 is 22.5. The molecule has 1 unspecified atom stereocenters. The van der Waals surface area contributed by atoms with Crippen LogP contribution in [0.5, 0.6) is 5.75 Å². The SMILES string of the molecule is COc1ccc(-c2nc(-c3ccncc3)nn2CCN(C(=O)C(C)c2ccc(-c3ccccc3)c(F)c2)C2CCCC2)cc1Cl. The molecule has 1 atom stereocenters. The van der Waals surface area contributed by atoms with Crippen LogP contribution in [0.2, 0.25) is 5.02 Å². The largest absolute Gasteiger partial charge is 0.495 e. The Balaban J connectivity index is 1.28. The molecule has 0 spiro atoms. The van der Waals surface area contributed by atoms with Gasteiger partial charge in [0.2, 0.25) is 5.91 Å². The van der Waals surface area contributed by atoms with Gasteiger partial charge in [-0.3, -0.25) is 9.78 Å². The van der Waals surface area contributed by atoms with Gasteiger partial charge in [0.05, 0.1) is 24.6 Å². The smallest absolute Gasteiger partial charge is 0.230 e. The molecule has 45 heavy (non-hydrogen) atoms. The number of rotatable bonds is 10. The summed E-state index contributed by atoms with van der Waals surface area (Å²) >= 11 is 6.49. The molecule has 7 nitrogen and oxygen atoms in total. The van der Waals surface area contributed by atoms with E-state index in [-0.39, 0.29) is 17.8 Å². The molecule has 1 saturated carbocycles. The molecule has 5 aromatic rings. The van der Waals surface area contributed by atoms with Gasteiger partial charge in [0.1, 0.15) is 11.6 Å². The number of hydrogen-bond donors (Lipinski definition) is 0. The lowest BCUT2D eigenvalue weighted by atomic mass is 9.95. The summed E-state index contributed by atoms with van der Waals surface area (Å²) in [7, 11) is 1.58. The molecule has 0 N–H and O–H groups in total. The normalized spacial score (nSPS) is 14.0. The summed E-state index contributed by atoms with van der Waals surface area (Å²) in [4.78, 5) is 25.1. The average molecular weight is 624 g/mol. The highest BCUT2D eigenvalue weighted by molar-refractivity contribution is 6.32. The fourth-order valence-electron chi connectivity index (χ4n) is 6.08. The van der Waals surface area contributed by atoms with Crippen LogP contribution in [0.25, 0.3) is 33.9 Å². The van der Waals surface area contributed by atoms with Crippen LogP contribution in [0.15, 0.2) is 91.3 Å². The summed E-state index contributed by atoms with van der Waals surface area (Å²) in [6.07, 6.45) is 7.46. The van der Waals surface area contributed by atoms with E-state index in [4.69, 9.17) is 26.4 Å². The molecule has 3 aromatic carbocycles. The quantitative estimate of drug-likeness (QED) is 0.157. The molecular formula is C36H35ClFN5O2. The van der Waals surface area contributed by atoms with Crippen molar-refractivity contribution in [1.82, 2.24) is 24.6 Å². The first-order valence-electron chi connectivity index (χ1n) is 15.3. The fourth-order valence-corrected chi connectivity index (χ4v) is 6.33. The van der Waals surface area contributed by atoms with Crippen molar-refractivity contribution in [2.24, 2.45) is 0 Å². The molecule has 0 saturated heterocycles. The lowest BCUT2D eigenvalue weighted by Gasteiger charge is -2.32. The molecule has 2 heterocycles. The van der Waals surface area contributed by atoms with Gasteiger partial charge in [0.15, 0.2) is 11.6 Å². The van der Waals surface area contributed by atoms with Crippen molar-refractivity contribution in [2.45, 2.75) is 51.1 Å². The minimum Gasteiger partial charge on any atom is -0.495 e. The van der Waals surface area contributed by atoms with Gasteiger partial charge in [0, 0.05) is 41.7 Å². The number of ether oxygens (including phenoxy) is 1. The summed E-state index contributed by atoms with van der Waals surface area (Å²) in [6.45, 7) is 2.73. The van der Waals surface area contributed by atoms with Gasteiger partial charge in [-0.25, -0.2) is 14.1 Å². The Morgan fingerprint density at radius 3 is 2.44 bits per heavy atom. The number of halogens is 2. The monoisotopic (exact) mass is 623 g/mol. The van der Waals surface area contributed by atoms with Crippen molar-refractivity contribution >= 4 is 17.5 Å². The fraction of sp³-hybridized carbons (Fsp3) is 0.278. The third kappa shape index (κ3) is 6.61. The molecule has 6 rings (SSSR count). The molecule has 0 aliphatic heterocycles. The van der Waals surface area contributed by atoms with Crippen molar-refractivity contribution < 1.29 is 13.9 Å². The molecule has 1 fully saturated rings. The predicted octanol–water partition coefficient (Wildman–Crippen LogP) is 8.05. The van der Waals surface area contributed by atoms with Gasteiger partial charge in [0.25, 0.3) is 0 Å². The molecule has 0 radical (unpaired) electrons. The average Bonchev–Trinajstić information content (AvgIpc) is 3.76. The molecule has 230 valence electrons. The van der Waals surface area contributed by atoms with E-state index in [2.05, 4.69) is 4.98 Å². The van der Waals surface area contributed by atoms with Crippen LogP contribution in [0.4, 0.5) is 4.39 Å². The number of carbonyl (C=O) groups is 1. The van der Waals surface area contributed by atoms with Crippen LogP contribution in [0, 0.1) is 5.82 Å². The first kappa shape index (κ1) is 30.5. The van der Waals surface area contributed by atoms with Gasteiger partial charge >= 0.3 is 0 Å². The van der Waals surface area contributed by atoms with E-state index < -0.39 is 5.92 Å². The third-order valence-electron chi connectivity index (χ3n) is 8.57. The maximum Gasteiger partial charge on any atom is 0.230 e. The van der Waals surface area contributed by atoms with E-state index in [9.17, 15) is 4.79 Å². The van der Waals surface area contributed by atoms with Crippen LogP contribution >= 0.6 is 11.6 Å². The number of aromatic nitrogens is 4. The highest BCUT2D eigenvalue weighted by atomic mass is 35.5. The Hall–Kier alpha value is -4.56. The van der Waals surface area contributed by atoms with Crippen molar-refractivity contribution in [3.63, 3.8) is 0 Å². The molecule has 9 heteroatoms.